The van der Waals surface area contributed by atoms with Crippen molar-refractivity contribution in [3.05, 3.63) is 65.9 Å². The van der Waals surface area contributed by atoms with Crippen LogP contribution in [0.25, 0.3) is 11.4 Å². The Morgan fingerprint density at radius 1 is 1.07 bits per heavy atom. The largest absolute Gasteiger partial charge is 0.334 e. The van der Waals surface area contributed by atoms with E-state index < -0.39 is 0 Å². The first kappa shape index (κ1) is 19.9. The van der Waals surface area contributed by atoms with Crippen LogP contribution in [0.3, 0.4) is 0 Å². The highest BCUT2D eigenvalue weighted by Crippen LogP contribution is 2.23. The summed E-state index contributed by atoms with van der Waals surface area (Å²) >= 11 is 0. The van der Waals surface area contributed by atoms with E-state index in [0.29, 0.717) is 42.7 Å². The second-order valence-corrected chi connectivity index (χ2v) is 7.30. The SMILES string of the molecule is Cc1cc(N2CCN(C(=O)c3ccccc3-c3ncccn3)C[C@H](C)O2)nc(C)n1. The molecule has 1 aromatic carbocycles. The first-order chi connectivity index (χ1) is 14.5. The molecule has 3 aromatic rings. The van der Waals surface area contributed by atoms with E-state index in [-0.39, 0.29) is 12.0 Å². The van der Waals surface area contributed by atoms with Gasteiger partial charge in [0, 0.05) is 42.8 Å². The second-order valence-electron chi connectivity index (χ2n) is 7.30. The molecule has 2 aromatic heterocycles. The maximum absolute atomic E-state index is 13.4. The minimum absolute atomic E-state index is 0.0644. The third-order valence-corrected chi connectivity index (χ3v) is 4.82. The number of nitrogens with zero attached hydrogens (tertiary/aromatic N) is 6. The van der Waals surface area contributed by atoms with Gasteiger partial charge in [0.05, 0.1) is 12.1 Å². The van der Waals surface area contributed by atoms with E-state index in [0.717, 1.165) is 11.3 Å². The van der Waals surface area contributed by atoms with E-state index >= 15 is 0 Å². The van der Waals surface area contributed by atoms with Gasteiger partial charge in [0.2, 0.25) is 0 Å². The Morgan fingerprint density at radius 3 is 2.60 bits per heavy atom. The minimum atomic E-state index is -0.188. The summed E-state index contributed by atoms with van der Waals surface area (Å²) in [5.74, 6) is 1.87. The van der Waals surface area contributed by atoms with E-state index in [1.54, 1.807) is 23.5 Å². The normalized spacial score (nSPS) is 17.0. The molecular formula is C22H24N6O2. The molecular weight excluding hydrogens is 380 g/mol. The summed E-state index contributed by atoms with van der Waals surface area (Å²) in [6, 6.07) is 11.1. The Hall–Kier alpha value is -3.39. The second kappa shape index (κ2) is 8.54. The van der Waals surface area contributed by atoms with Crippen LogP contribution in [-0.2, 0) is 4.84 Å². The molecule has 1 fully saturated rings. The molecule has 0 saturated carbocycles. The van der Waals surface area contributed by atoms with Crippen molar-refractivity contribution in [1.82, 2.24) is 24.8 Å². The zero-order valence-electron chi connectivity index (χ0n) is 17.3. The van der Waals surface area contributed by atoms with E-state index in [1.807, 2.05) is 56.0 Å². The van der Waals surface area contributed by atoms with E-state index in [4.69, 9.17) is 4.84 Å². The number of carbonyl (C=O) groups is 1. The molecule has 0 aliphatic carbocycles. The molecule has 1 aliphatic rings. The summed E-state index contributed by atoms with van der Waals surface area (Å²) in [6.07, 6.45) is 3.16. The molecule has 0 spiro atoms. The Labute approximate surface area is 175 Å². The third kappa shape index (κ3) is 4.28. The fraction of sp³-hybridized carbons (Fsp3) is 0.318. The zero-order valence-corrected chi connectivity index (χ0v) is 17.3. The van der Waals surface area contributed by atoms with Gasteiger partial charge in [0.25, 0.3) is 5.91 Å². The van der Waals surface area contributed by atoms with Crippen molar-refractivity contribution in [2.24, 2.45) is 0 Å². The highest BCUT2D eigenvalue weighted by molar-refractivity contribution is 6.00. The number of hydrogen-bond donors (Lipinski definition) is 0. The molecule has 0 bridgehead atoms. The molecule has 30 heavy (non-hydrogen) atoms. The highest BCUT2D eigenvalue weighted by Gasteiger charge is 2.27. The Morgan fingerprint density at radius 2 is 1.83 bits per heavy atom. The molecule has 1 aliphatic heterocycles. The first-order valence-corrected chi connectivity index (χ1v) is 9.93. The number of aryl methyl sites for hydroxylation is 2. The van der Waals surface area contributed by atoms with E-state index in [1.165, 1.54) is 0 Å². The number of carbonyl (C=O) groups excluding carboxylic acids is 1. The molecule has 0 N–H and O–H groups in total. The molecule has 3 heterocycles. The van der Waals surface area contributed by atoms with Gasteiger partial charge >= 0.3 is 0 Å². The molecule has 0 unspecified atom stereocenters. The van der Waals surface area contributed by atoms with Crippen LogP contribution in [0, 0.1) is 13.8 Å². The summed E-state index contributed by atoms with van der Waals surface area (Å²) in [5, 5.41) is 1.76. The summed E-state index contributed by atoms with van der Waals surface area (Å²) in [4.78, 5) is 38.7. The Balaban J connectivity index is 1.58. The topological polar surface area (TPSA) is 84.3 Å². The van der Waals surface area contributed by atoms with Gasteiger partial charge in [-0.1, -0.05) is 18.2 Å². The number of amides is 1. The van der Waals surface area contributed by atoms with Crippen LogP contribution in [0.4, 0.5) is 5.82 Å². The maximum Gasteiger partial charge on any atom is 0.254 e. The monoisotopic (exact) mass is 404 g/mol. The van der Waals surface area contributed by atoms with Crippen molar-refractivity contribution in [2.75, 3.05) is 24.7 Å². The van der Waals surface area contributed by atoms with Crippen LogP contribution >= 0.6 is 0 Å². The van der Waals surface area contributed by atoms with Gasteiger partial charge in [0.1, 0.15) is 11.9 Å². The smallest absolute Gasteiger partial charge is 0.254 e. The lowest BCUT2D eigenvalue weighted by atomic mass is 10.1. The van der Waals surface area contributed by atoms with Crippen molar-refractivity contribution >= 4 is 11.7 Å². The Bertz CT molecular complexity index is 1020. The van der Waals surface area contributed by atoms with Crippen LogP contribution in [-0.4, -0.2) is 56.5 Å². The summed E-state index contributed by atoms with van der Waals surface area (Å²) in [5.41, 5.74) is 2.18. The molecule has 1 saturated heterocycles. The van der Waals surface area contributed by atoms with Gasteiger partial charge < -0.3 is 4.90 Å². The van der Waals surface area contributed by atoms with Crippen LogP contribution in [0.15, 0.2) is 48.8 Å². The fourth-order valence-electron chi connectivity index (χ4n) is 3.57. The minimum Gasteiger partial charge on any atom is -0.334 e. The van der Waals surface area contributed by atoms with Gasteiger partial charge in [-0.2, -0.15) is 0 Å². The maximum atomic E-state index is 13.4. The predicted molar refractivity (Wildman–Crippen MR) is 113 cm³/mol. The number of rotatable bonds is 3. The van der Waals surface area contributed by atoms with Crippen LogP contribution < -0.4 is 5.06 Å². The first-order valence-electron chi connectivity index (χ1n) is 9.93. The number of hydroxylamine groups is 1. The highest BCUT2D eigenvalue weighted by atomic mass is 16.7. The molecule has 8 heteroatoms. The predicted octanol–water partition coefficient (Wildman–Crippen LogP) is 2.83. The van der Waals surface area contributed by atoms with Gasteiger partial charge in [-0.25, -0.2) is 25.0 Å². The van der Waals surface area contributed by atoms with Gasteiger partial charge in [-0.15, -0.1) is 0 Å². The molecule has 4 rings (SSSR count). The van der Waals surface area contributed by atoms with Crippen LogP contribution in [0.5, 0.6) is 0 Å². The lowest BCUT2D eigenvalue weighted by Crippen LogP contribution is -2.37. The van der Waals surface area contributed by atoms with Gasteiger partial charge in [0.15, 0.2) is 11.6 Å². The molecule has 1 atom stereocenters. The van der Waals surface area contributed by atoms with Crippen molar-refractivity contribution in [2.45, 2.75) is 26.9 Å². The summed E-state index contributed by atoms with van der Waals surface area (Å²) in [7, 11) is 0. The number of hydrogen-bond acceptors (Lipinski definition) is 7. The quantitative estimate of drug-likeness (QED) is 0.664. The van der Waals surface area contributed by atoms with Crippen LogP contribution in [0.1, 0.15) is 28.8 Å². The number of benzene rings is 1. The average molecular weight is 404 g/mol. The van der Waals surface area contributed by atoms with Crippen molar-refractivity contribution < 1.29 is 9.63 Å². The third-order valence-electron chi connectivity index (χ3n) is 4.82. The standard InChI is InChI=1S/C22H24N6O2/c1-15-13-20(26-17(3)25-15)28-12-11-27(14-16(2)30-28)22(29)19-8-5-4-7-18(19)21-23-9-6-10-24-21/h4-10,13,16H,11-12,14H2,1-3H3/t16-/m0/s1. The molecule has 1 amide bonds. The summed E-state index contributed by atoms with van der Waals surface area (Å²) < 4.78 is 0. The average Bonchev–Trinajstić information content (AvgIpc) is 2.95. The number of anilines is 1. The lowest BCUT2D eigenvalue weighted by Gasteiger charge is -2.22. The zero-order chi connectivity index (χ0) is 21.1. The van der Waals surface area contributed by atoms with Gasteiger partial charge in [-0.3, -0.25) is 9.63 Å². The van der Waals surface area contributed by atoms with E-state index in [9.17, 15) is 4.79 Å². The van der Waals surface area contributed by atoms with Crippen molar-refractivity contribution in [3.8, 4) is 11.4 Å². The number of aromatic nitrogens is 4. The molecule has 154 valence electrons. The van der Waals surface area contributed by atoms with Crippen LogP contribution in [0.2, 0.25) is 0 Å². The van der Waals surface area contributed by atoms with E-state index in [2.05, 4.69) is 19.9 Å². The molecule has 8 nitrogen and oxygen atoms in total. The fourth-order valence-corrected chi connectivity index (χ4v) is 3.57. The van der Waals surface area contributed by atoms with Crippen molar-refractivity contribution in [3.63, 3.8) is 0 Å². The lowest BCUT2D eigenvalue weighted by molar-refractivity contribution is 0.0423. The summed E-state index contributed by atoms with van der Waals surface area (Å²) in [6.45, 7) is 7.23. The Kier molecular flexibility index (Phi) is 5.67. The van der Waals surface area contributed by atoms with Gasteiger partial charge in [-0.05, 0) is 32.9 Å². The molecule has 0 radical (unpaired) electrons. The van der Waals surface area contributed by atoms with Crippen molar-refractivity contribution in [1.29, 1.82) is 0 Å².